The van der Waals surface area contributed by atoms with Gasteiger partial charge in [-0.3, -0.25) is 9.59 Å². The first kappa shape index (κ1) is 28.2. The molecule has 3 rings (SSSR count). The SMILES string of the molecule is CCn1c(SCC(=O)Nc2ccc(Br)c(C)c2C)nnc1[C@@H](CC(C)C)NC(=O)c1ccccc1Cl. The van der Waals surface area contributed by atoms with Gasteiger partial charge in [0.1, 0.15) is 0 Å². The number of halogens is 2. The first-order valence-electron chi connectivity index (χ1n) is 11.8. The Hall–Kier alpha value is -2.36. The molecule has 2 N–H and O–H groups in total. The summed E-state index contributed by atoms with van der Waals surface area (Å²) < 4.78 is 2.96. The Bertz CT molecular complexity index is 1250. The molecular formula is C26H31BrClN5O2S. The quantitative estimate of drug-likeness (QED) is 0.260. The summed E-state index contributed by atoms with van der Waals surface area (Å²) in [7, 11) is 0. The van der Waals surface area contributed by atoms with Crippen molar-refractivity contribution < 1.29 is 9.59 Å². The first-order chi connectivity index (χ1) is 17.1. The molecule has 0 unspecified atom stereocenters. The smallest absolute Gasteiger partial charge is 0.253 e. The summed E-state index contributed by atoms with van der Waals surface area (Å²) in [6.07, 6.45) is 0.682. The molecule has 2 amide bonds. The van der Waals surface area contributed by atoms with E-state index in [2.05, 4.69) is 50.6 Å². The van der Waals surface area contributed by atoms with Crippen molar-refractivity contribution >= 4 is 56.8 Å². The number of nitrogens with zero attached hydrogens (tertiary/aromatic N) is 3. The van der Waals surface area contributed by atoms with E-state index in [1.54, 1.807) is 24.3 Å². The van der Waals surface area contributed by atoms with Crippen LogP contribution in [0.1, 0.15) is 60.5 Å². The highest BCUT2D eigenvalue weighted by atomic mass is 79.9. The van der Waals surface area contributed by atoms with E-state index in [1.165, 1.54) is 11.8 Å². The maximum absolute atomic E-state index is 13.0. The highest BCUT2D eigenvalue weighted by Crippen LogP contribution is 2.28. The third kappa shape index (κ3) is 6.89. The van der Waals surface area contributed by atoms with Crippen LogP contribution in [-0.4, -0.2) is 32.3 Å². The molecule has 0 fully saturated rings. The van der Waals surface area contributed by atoms with Crippen molar-refractivity contribution in [2.75, 3.05) is 11.1 Å². The molecule has 10 heteroatoms. The molecule has 1 heterocycles. The molecular weight excluding hydrogens is 562 g/mol. The molecule has 7 nitrogen and oxygen atoms in total. The lowest BCUT2D eigenvalue weighted by Crippen LogP contribution is -2.31. The number of benzene rings is 2. The second kappa shape index (κ2) is 12.7. The largest absolute Gasteiger partial charge is 0.342 e. The van der Waals surface area contributed by atoms with Crippen LogP contribution in [0.4, 0.5) is 5.69 Å². The molecule has 192 valence electrons. The number of thioether (sulfide) groups is 1. The van der Waals surface area contributed by atoms with Crippen LogP contribution >= 0.6 is 39.3 Å². The van der Waals surface area contributed by atoms with Gasteiger partial charge in [0.25, 0.3) is 5.91 Å². The normalized spacial score (nSPS) is 12.0. The van der Waals surface area contributed by atoms with Crippen molar-refractivity contribution in [1.82, 2.24) is 20.1 Å². The molecule has 0 spiro atoms. The summed E-state index contributed by atoms with van der Waals surface area (Å²) >= 11 is 11.1. The van der Waals surface area contributed by atoms with Gasteiger partial charge >= 0.3 is 0 Å². The summed E-state index contributed by atoms with van der Waals surface area (Å²) in [6, 6.07) is 10.4. The van der Waals surface area contributed by atoms with Gasteiger partial charge in [-0.05, 0) is 68.5 Å². The summed E-state index contributed by atoms with van der Waals surface area (Å²) in [5, 5.41) is 15.9. The molecule has 1 atom stereocenters. The summed E-state index contributed by atoms with van der Waals surface area (Å²) in [5.74, 6) is 0.776. The van der Waals surface area contributed by atoms with Crippen molar-refractivity contribution in [3.63, 3.8) is 0 Å². The van der Waals surface area contributed by atoms with Gasteiger partial charge in [0, 0.05) is 16.7 Å². The number of hydrogen-bond donors (Lipinski definition) is 2. The Morgan fingerprint density at radius 2 is 1.83 bits per heavy atom. The monoisotopic (exact) mass is 591 g/mol. The lowest BCUT2D eigenvalue weighted by molar-refractivity contribution is -0.113. The number of carbonyl (C=O) groups excluding carboxylic acids is 2. The van der Waals surface area contributed by atoms with Gasteiger partial charge in [-0.15, -0.1) is 10.2 Å². The van der Waals surface area contributed by atoms with E-state index in [0.717, 1.165) is 21.3 Å². The van der Waals surface area contributed by atoms with Crippen LogP contribution in [0.5, 0.6) is 0 Å². The Kier molecular flexibility index (Phi) is 9.99. The standard InChI is InChI=1S/C26H31BrClN5O2S/c1-6-33-24(22(13-15(2)3)30-25(35)18-9-7-8-10-20(18)28)31-32-26(33)36-14-23(34)29-21-12-11-19(27)16(4)17(21)5/h7-12,15,22H,6,13-14H2,1-5H3,(H,29,34)(H,30,35)/t22-/m1/s1. The number of carbonyl (C=O) groups is 2. The lowest BCUT2D eigenvalue weighted by atomic mass is 10.0. The summed E-state index contributed by atoms with van der Waals surface area (Å²) in [5.41, 5.74) is 3.32. The van der Waals surface area contributed by atoms with Crippen molar-refractivity contribution in [3.8, 4) is 0 Å². The van der Waals surface area contributed by atoms with Crippen LogP contribution in [-0.2, 0) is 11.3 Å². The predicted octanol–water partition coefficient (Wildman–Crippen LogP) is 6.58. The van der Waals surface area contributed by atoms with E-state index >= 15 is 0 Å². The van der Waals surface area contributed by atoms with Crippen LogP contribution < -0.4 is 10.6 Å². The van der Waals surface area contributed by atoms with Crippen LogP contribution in [0.2, 0.25) is 5.02 Å². The lowest BCUT2D eigenvalue weighted by Gasteiger charge is -2.21. The topological polar surface area (TPSA) is 88.9 Å². The Morgan fingerprint density at radius 3 is 2.50 bits per heavy atom. The number of nitrogens with one attached hydrogen (secondary N) is 2. The van der Waals surface area contributed by atoms with Gasteiger partial charge in [0.05, 0.1) is 22.4 Å². The molecule has 36 heavy (non-hydrogen) atoms. The Morgan fingerprint density at radius 1 is 1.11 bits per heavy atom. The first-order valence-corrected chi connectivity index (χ1v) is 13.9. The molecule has 0 aliphatic carbocycles. The third-order valence-electron chi connectivity index (χ3n) is 5.83. The van der Waals surface area contributed by atoms with Crippen LogP contribution in [0.3, 0.4) is 0 Å². The van der Waals surface area contributed by atoms with Gasteiger partial charge in [-0.25, -0.2) is 0 Å². The summed E-state index contributed by atoms with van der Waals surface area (Å²) in [4.78, 5) is 25.7. The zero-order chi connectivity index (χ0) is 26.4. The summed E-state index contributed by atoms with van der Waals surface area (Å²) in [6.45, 7) is 10.8. The molecule has 0 aliphatic heterocycles. The van der Waals surface area contributed by atoms with Crippen LogP contribution in [0, 0.1) is 19.8 Å². The molecule has 0 aliphatic rings. The highest BCUT2D eigenvalue weighted by molar-refractivity contribution is 9.10. The number of aromatic nitrogens is 3. The molecule has 1 aromatic heterocycles. The Balaban J connectivity index is 1.75. The molecule has 0 bridgehead atoms. The average molecular weight is 593 g/mol. The molecule has 0 saturated heterocycles. The fourth-order valence-electron chi connectivity index (χ4n) is 3.78. The second-order valence-electron chi connectivity index (χ2n) is 8.90. The predicted molar refractivity (Wildman–Crippen MR) is 150 cm³/mol. The molecule has 2 aromatic carbocycles. The van der Waals surface area contributed by atoms with Crippen molar-refractivity contribution in [2.45, 2.75) is 58.8 Å². The zero-order valence-electron chi connectivity index (χ0n) is 21.1. The van der Waals surface area contributed by atoms with E-state index in [9.17, 15) is 9.59 Å². The molecule has 3 aromatic rings. The number of amides is 2. The minimum atomic E-state index is -0.349. The molecule has 0 radical (unpaired) electrons. The van der Waals surface area contributed by atoms with E-state index in [0.29, 0.717) is 40.5 Å². The number of rotatable bonds is 10. The van der Waals surface area contributed by atoms with Crippen LogP contribution in [0.15, 0.2) is 46.0 Å². The van der Waals surface area contributed by atoms with Gasteiger partial charge in [0.2, 0.25) is 5.91 Å². The maximum atomic E-state index is 13.0. The van der Waals surface area contributed by atoms with Gasteiger partial charge in [-0.2, -0.15) is 0 Å². The van der Waals surface area contributed by atoms with E-state index < -0.39 is 0 Å². The van der Waals surface area contributed by atoms with Gasteiger partial charge in [0.15, 0.2) is 11.0 Å². The Labute approximate surface area is 229 Å². The minimum absolute atomic E-state index is 0.122. The fourth-order valence-corrected chi connectivity index (χ4v) is 5.24. The maximum Gasteiger partial charge on any atom is 0.253 e. The van der Waals surface area contributed by atoms with Crippen LogP contribution in [0.25, 0.3) is 0 Å². The fraction of sp³-hybridized carbons (Fsp3) is 0.385. The van der Waals surface area contributed by atoms with Crippen molar-refractivity contribution in [1.29, 1.82) is 0 Å². The zero-order valence-corrected chi connectivity index (χ0v) is 24.2. The second-order valence-corrected chi connectivity index (χ2v) is 11.1. The average Bonchev–Trinajstić information content (AvgIpc) is 3.25. The van der Waals surface area contributed by atoms with Gasteiger partial charge in [-0.1, -0.05) is 65.3 Å². The van der Waals surface area contributed by atoms with Crippen molar-refractivity contribution in [3.05, 3.63) is 68.4 Å². The molecule has 0 saturated carbocycles. The van der Waals surface area contributed by atoms with E-state index in [1.807, 2.05) is 37.5 Å². The number of hydrogen-bond acceptors (Lipinski definition) is 5. The minimum Gasteiger partial charge on any atom is -0.342 e. The highest BCUT2D eigenvalue weighted by Gasteiger charge is 2.25. The van der Waals surface area contributed by atoms with E-state index in [4.69, 9.17) is 11.6 Å². The number of anilines is 1. The van der Waals surface area contributed by atoms with E-state index in [-0.39, 0.29) is 23.6 Å². The third-order valence-corrected chi connectivity index (χ3v) is 7.99. The van der Waals surface area contributed by atoms with Crippen molar-refractivity contribution in [2.24, 2.45) is 5.92 Å². The van der Waals surface area contributed by atoms with Gasteiger partial charge < -0.3 is 15.2 Å².